The molecule has 1 N–H and O–H groups in total. The molecular formula is C11H11F2N. The van der Waals surface area contributed by atoms with Crippen LogP contribution in [-0.4, -0.2) is 4.98 Å². The number of aryl methyl sites for hydroxylation is 2. The number of halogens is 2. The average molecular weight is 195 g/mol. The summed E-state index contributed by atoms with van der Waals surface area (Å²) in [5.74, 6) is -1.59. The number of aromatic amines is 1. The van der Waals surface area contributed by atoms with E-state index in [0.717, 1.165) is 23.1 Å². The fourth-order valence-electron chi connectivity index (χ4n) is 1.83. The predicted octanol–water partition coefficient (Wildman–Crippen LogP) is 3.32. The van der Waals surface area contributed by atoms with Crippen LogP contribution in [0.1, 0.15) is 18.2 Å². The largest absolute Gasteiger partial charge is 0.358 e. The number of benzene rings is 1. The average Bonchev–Trinajstić information content (AvgIpc) is 2.42. The Morgan fingerprint density at radius 2 is 1.86 bits per heavy atom. The number of hydrogen-bond donors (Lipinski definition) is 1. The summed E-state index contributed by atoms with van der Waals surface area (Å²) in [5, 5.41) is 0.781. The van der Waals surface area contributed by atoms with Gasteiger partial charge in [-0.25, -0.2) is 8.78 Å². The van der Waals surface area contributed by atoms with Crippen molar-refractivity contribution in [3.05, 3.63) is 35.0 Å². The summed E-state index contributed by atoms with van der Waals surface area (Å²) in [6, 6.07) is 2.46. The van der Waals surface area contributed by atoms with Gasteiger partial charge >= 0.3 is 0 Å². The van der Waals surface area contributed by atoms with Crippen molar-refractivity contribution >= 4 is 10.9 Å². The zero-order valence-electron chi connectivity index (χ0n) is 8.12. The second-order valence-electron chi connectivity index (χ2n) is 3.39. The molecule has 1 aromatic carbocycles. The molecule has 0 saturated carbocycles. The highest BCUT2D eigenvalue weighted by molar-refractivity contribution is 5.84. The number of aromatic nitrogens is 1. The lowest BCUT2D eigenvalue weighted by molar-refractivity contribution is 0.511. The fourth-order valence-corrected chi connectivity index (χ4v) is 1.83. The summed E-state index contributed by atoms with van der Waals surface area (Å²) < 4.78 is 25.9. The van der Waals surface area contributed by atoms with Gasteiger partial charge in [-0.05, 0) is 25.0 Å². The zero-order valence-corrected chi connectivity index (χ0v) is 8.12. The number of rotatable bonds is 1. The highest BCUT2D eigenvalue weighted by Gasteiger charge is 2.10. The molecule has 0 unspecified atom stereocenters. The minimum Gasteiger partial charge on any atom is -0.358 e. The Bertz CT molecular complexity index is 485. The molecule has 0 radical (unpaired) electrons. The molecule has 0 saturated heterocycles. The van der Waals surface area contributed by atoms with Gasteiger partial charge in [0.1, 0.15) is 0 Å². The van der Waals surface area contributed by atoms with E-state index in [9.17, 15) is 8.78 Å². The van der Waals surface area contributed by atoms with Gasteiger partial charge in [0.25, 0.3) is 0 Å². The molecule has 2 aromatic rings. The molecule has 0 amide bonds. The van der Waals surface area contributed by atoms with Gasteiger partial charge in [0.2, 0.25) is 0 Å². The van der Waals surface area contributed by atoms with E-state index >= 15 is 0 Å². The van der Waals surface area contributed by atoms with E-state index in [4.69, 9.17) is 0 Å². The van der Waals surface area contributed by atoms with E-state index in [1.807, 2.05) is 13.8 Å². The minimum absolute atomic E-state index is 0.665. The summed E-state index contributed by atoms with van der Waals surface area (Å²) in [7, 11) is 0. The topological polar surface area (TPSA) is 15.8 Å². The smallest absolute Gasteiger partial charge is 0.160 e. The van der Waals surface area contributed by atoms with Crippen molar-refractivity contribution < 1.29 is 8.78 Å². The molecule has 74 valence electrons. The maximum Gasteiger partial charge on any atom is 0.160 e. The Morgan fingerprint density at radius 3 is 2.50 bits per heavy atom. The molecular weight excluding hydrogens is 184 g/mol. The first-order chi connectivity index (χ1) is 6.63. The van der Waals surface area contributed by atoms with Crippen LogP contribution in [-0.2, 0) is 6.42 Å². The van der Waals surface area contributed by atoms with Crippen molar-refractivity contribution in [2.24, 2.45) is 0 Å². The Labute approximate surface area is 80.7 Å². The van der Waals surface area contributed by atoms with Crippen LogP contribution < -0.4 is 0 Å². The van der Waals surface area contributed by atoms with Crippen LogP contribution in [0.3, 0.4) is 0 Å². The quantitative estimate of drug-likeness (QED) is 0.718. The van der Waals surface area contributed by atoms with E-state index in [2.05, 4.69) is 4.98 Å². The van der Waals surface area contributed by atoms with Crippen molar-refractivity contribution in [1.29, 1.82) is 0 Å². The van der Waals surface area contributed by atoms with Crippen molar-refractivity contribution in [3.63, 3.8) is 0 Å². The normalized spacial score (nSPS) is 11.1. The predicted molar refractivity (Wildman–Crippen MR) is 52.3 cm³/mol. The van der Waals surface area contributed by atoms with Crippen LogP contribution in [0.25, 0.3) is 10.9 Å². The van der Waals surface area contributed by atoms with Crippen LogP contribution in [0, 0.1) is 18.6 Å². The lowest BCUT2D eigenvalue weighted by atomic mass is 10.1. The van der Waals surface area contributed by atoms with Gasteiger partial charge in [0, 0.05) is 22.7 Å². The van der Waals surface area contributed by atoms with E-state index < -0.39 is 11.6 Å². The van der Waals surface area contributed by atoms with E-state index in [1.165, 1.54) is 12.1 Å². The Hall–Kier alpha value is -1.38. The molecule has 0 aliphatic heterocycles. The van der Waals surface area contributed by atoms with Gasteiger partial charge in [-0.1, -0.05) is 6.92 Å². The highest BCUT2D eigenvalue weighted by atomic mass is 19.2. The van der Waals surface area contributed by atoms with Crippen LogP contribution in [0.2, 0.25) is 0 Å². The third-order valence-electron chi connectivity index (χ3n) is 2.51. The monoisotopic (exact) mass is 195 g/mol. The number of nitrogens with one attached hydrogen (secondary N) is 1. The lowest BCUT2D eigenvalue weighted by Gasteiger charge is -1.96. The number of fused-ring (bicyclic) bond motifs is 1. The fraction of sp³-hybridized carbons (Fsp3) is 0.273. The molecule has 1 nitrogen and oxygen atoms in total. The SMILES string of the molecule is CCc1c(C)[nH]c2cc(F)c(F)cc12. The third kappa shape index (κ3) is 1.20. The van der Waals surface area contributed by atoms with E-state index in [0.29, 0.717) is 5.52 Å². The highest BCUT2D eigenvalue weighted by Crippen LogP contribution is 2.24. The second-order valence-corrected chi connectivity index (χ2v) is 3.39. The molecule has 0 aliphatic rings. The molecule has 0 atom stereocenters. The van der Waals surface area contributed by atoms with Gasteiger partial charge < -0.3 is 4.98 Å². The summed E-state index contributed by atoms with van der Waals surface area (Å²) in [4.78, 5) is 3.04. The van der Waals surface area contributed by atoms with E-state index in [-0.39, 0.29) is 0 Å². The van der Waals surface area contributed by atoms with Gasteiger partial charge in [0.15, 0.2) is 11.6 Å². The molecule has 14 heavy (non-hydrogen) atoms. The first-order valence-corrected chi connectivity index (χ1v) is 4.59. The molecule has 3 heteroatoms. The van der Waals surface area contributed by atoms with Crippen molar-refractivity contribution in [1.82, 2.24) is 4.98 Å². The Balaban J connectivity index is 2.82. The summed E-state index contributed by atoms with van der Waals surface area (Å²) in [5.41, 5.74) is 2.70. The first kappa shape index (κ1) is 9.19. The van der Waals surface area contributed by atoms with Crippen LogP contribution in [0.15, 0.2) is 12.1 Å². The zero-order chi connectivity index (χ0) is 10.3. The van der Waals surface area contributed by atoms with Crippen LogP contribution in [0.4, 0.5) is 8.78 Å². The van der Waals surface area contributed by atoms with Gasteiger partial charge in [-0.2, -0.15) is 0 Å². The van der Waals surface area contributed by atoms with Gasteiger partial charge in [0.05, 0.1) is 0 Å². The summed E-state index contributed by atoms with van der Waals surface area (Å²) in [6.45, 7) is 3.91. The maximum absolute atomic E-state index is 13.0. The van der Waals surface area contributed by atoms with Crippen molar-refractivity contribution in [2.45, 2.75) is 20.3 Å². The van der Waals surface area contributed by atoms with Gasteiger partial charge in [-0.15, -0.1) is 0 Å². The molecule has 0 aliphatic carbocycles. The van der Waals surface area contributed by atoms with Crippen LogP contribution in [0.5, 0.6) is 0 Å². The molecule has 1 aromatic heterocycles. The minimum atomic E-state index is -0.804. The summed E-state index contributed by atoms with van der Waals surface area (Å²) in [6.07, 6.45) is 0.816. The molecule has 0 bridgehead atoms. The molecule has 1 heterocycles. The first-order valence-electron chi connectivity index (χ1n) is 4.59. The maximum atomic E-state index is 13.0. The number of H-pyrrole nitrogens is 1. The molecule has 0 spiro atoms. The van der Waals surface area contributed by atoms with Gasteiger partial charge in [-0.3, -0.25) is 0 Å². The van der Waals surface area contributed by atoms with Crippen molar-refractivity contribution in [2.75, 3.05) is 0 Å². The van der Waals surface area contributed by atoms with Crippen molar-refractivity contribution in [3.8, 4) is 0 Å². The van der Waals surface area contributed by atoms with E-state index in [1.54, 1.807) is 0 Å². The molecule has 2 rings (SSSR count). The lowest BCUT2D eigenvalue weighted by Crippen LogP contribution is -1.84. The molecule has 0 fully saturated rings. The Morgan fingerprint density at radius 1 is 1.21 bits per heavy atom. The second kappa shape index (κ2) is 3.08. The summed E-state index contributed by atoms with van der Waals surface area (Å²) >= 11 is 0. The third-order valence-corrected chi connectivity index (χ3v) is 2.51. The standard InChI is InChI=1S/C11H11F2N/c1-3-7-6(2)14-11-5-10(13)9(12)4-8(7)11/h4-5,14H,3H2,1-2H3. The van der Waals surface area contributed by atoms with Crippen LogP contribution >= 0.6 is 0 Å². The Kier molecular flexibility index (Phi) is 2.02. The number of hydrogen-bond acceptors (Lipinski definition) is 0.